The van der Waals surface area contributed by atoms with Crippen molar-refractivity contribution in [2.75, 3.05) is 35.0 Å². The van der Waals surface area contributed by atoms with Crippen molar-refractivity contribution in [3.63, 3.8) is 0 Å². The number of rotatable bonds is 7. The molecule has 0 saturated carbocycles. The SMILES string of the molecule is COc1ccc(C[C@@H]2c3cc(OC)c(OC)cc3CCN2C(=O)c2ccc(Cl)c(Cl)c2)cc1OC. The minimum atomic E-state index is -0.251. The Balaban J connectivity index is 1.79. The van der Waals surface area contributed by atoms with Crippen LogP contribution in [0.25, 0.3) is 0 Å². The van der Waals surface area contributed by atoms with Crippen molar-refractivity contribution in [2.24, 2.45) is 0 Å². The van der Waals surface area contributed by atoms with Crippen LogP contribution in [0.3, 0.4) is 0 Å². The molecule has 3 aromatic carbocycles. The molecule has 1 heterocycles. The molecular weight excluding hydrogens is 489 g/mol. The van der Waals surface area contributed by atoms with Crippen LogP contribution >= 0.6 is 23.2 Å². The Morgan fingerprint density at radius 2 is 1.49 bits per heavy atom. The second-order valence-electron chi connectivity index (χ2n) is 8.19. The molecule has 4 rings (SSSR count). The van der Waals surface area contributed by atoms with Gasteiger partial charge in [0.2, 0.25) is 0 Å². The van der Waals surface area contributed by atoms with Crippen LogP contribution in [0.1, 0.15) is 33.1 Å². The highest BCUT2D eigenvalue weighted by Crippen LogP contribution is 2.41. The van der Waals surface area contributed by atoms with Crippen molar-refractivity contribution >= 4 is 29.1 Å². The largest absolute Gasteiger partial charge is 0.493 e. The first kappa shape index (κ1) is 25.0. The summed E-state index contributed by atoms with van der Waals surface area (Å²) in [5.74, 6) is 2.45. The van der Waals surface area contributed by atoms with Gasteiger partial charge in [-0.15, -0.1) is 0 Å². The van der Waals surface area contributed by atoms with Crippen molar-refractivity contribution in [1.29, 1.82) is 0 Å². The lowest BCUT2D eigenvalue weighted by Gasteiger charge is -2.38. The van der Waals surface area contributed by atoms with Gasteiger partial charge in [0, 0.05) is 12.1 Å². The van der Waals surface area contributed by atoms with Gasteiger partial charge in [-0.1, -0.05) is 29.3 Å². The van der Waals surface area contributed by atoms with E-state index in [1.54, 1.807) is 46.6 Å². The lowest BCUT2D eigenvalue weighted by Crippen LogP contribution is -2.41. The Bertz CT molecular complexity index is 1250. The molecule has 1 atom stereocenters. The third kappa shape index (κ3) is 5.00. The summed E-state index contributed by atoms with van der Waals surface area (Å²) < 4.78 is 22.0. The average molecular weight is 516 g/mol. The van der Waals surface area contributed by atoms with Gasteiger partial charge in [-0.05, 0) is 72.0 Å². The van der Waals surface area contributed by atoms with Gasteiger partial charge in [-0.25, -0.2) is 0 Å². The Morgan fingerprint density at radius 1 is 0.829 bits per heavy atom. The van der Waals surface area contributed by atoms with E-state index in [9.17, 15) is 4.79 Å². The lowest BCUT2D eigenvalue weighted by atomic mass is 9.87. The van der Waals surface area contributed by atoms with E-state index >= 15 is 0 Å². The van der Waals surface area contributed by atoms with Crippen LogP contribution in [-0.4, -0.2) is 45.8 Å². The molecule has 0 spiro atoms. The van der Waals surface area contributed by atoms with E-state index in [2.05, 4.69) is 0 Å². The predicted octanol–water partition coefficient (Wildman–Crippen LogP) is 6.01. The molecule has 6 nitrogen and oxygen atoms in total. The highest BCUT2D eigenvalue weighted by Gasteiger charge is 2.33. The maximum absolute atomic E-state index is 13.7. The molecule has 184 valence electrons. The zero-order valence-corrected chi connectivity index (χ0v) is 21.6. The van der Waals surface area contributed by atoms with E-state index in [4.69, 9.17) is 42.1 Å². The fourth-order valence-corrected chi connectivity index (χ4v) is 4.82. The Hall–Kier alpha value is -3.09. The minimum absolute atomic E-state index is 0.116. The number of halogens is 2. The Labute approximate surface area is 215 Å². The first-order valence-corrected chi connectivity index (χ1v) is 11.9. The maximum Gasteiger partial charge on any atom is 0.254 e. The summed E-state index contributed by atoms with van der Waals surface area (Å²) in [5, 5.41) is 0.753. The summed E-state index contributed by atoms with van der Waals surface area (Å²) >= 11 is 12.3. The maximum atomic E-state index is 13.7. The van der Waals surface area contributed by atoms with E-state index in [-0.39, 0.29) is 11.9 Å². The molecule has 0 N–H and O–H groups in total. The molecule has 0 saturated heterocycles. The minimum Gasteiger partial charge on any atom is -0.493 e. The summed E-state index contributed by atoms with van der Waals surface area (Å²) in [7, 11) is 6.43. The molecule has 0 aliphatic carbocycles. The van der Waals surface area contributed by atoms with Crippen molar-refractivity contribution < 1.29 is 23.7 Å². The molecule has 1 amide bonds. The molecule has 0 bridgehead atoms. The Kier molecular flexibility index (Phi) is 7.63. The summed E-state index contributed by atoms with van der Waals surface area (Å²) in [6.45, 7) is 0.541. The van der Waals surface area contributed by atoms with Gasteiger partial charge < -0.3 is 23.8 Å². The predicted molar refractivity (Wildman–Crippen MR) is 137 cm³/mol. The zero-order chi connectivity index (χ0) is 25.1. The number of fused-ring (bicyclic) bond motifs is 1. The number of nitrogens with zero attached hydrogens (tertiary/aromatic N) is 1. The molecule has 1 aliphatic rings. The quantitative estimate of drug-likeness (QED) is 0.385. The average Bonchev–Trinajstić information content (AvgIpc) is 2.89. The van der Waals surface area contributed by atoms with Crippen molar-refractivity contribution in [2.45, 2.75) is 18.9 Å². The second kappa shape index (κ2) is 10.7. The molecule has 0 aromatic heterocycles. The molecule has 1 aliphatic heterocycles. The van der Waals surface area contributed by atoms with Gasteiger partial charge >= 0.3 is 0 Å². The molecule has 0 fully saturated rings. The molecule has 8 heteroatoms. The monoisotopic (exact) mass is 515 g/mol. The fraction of sp³-hybridized carbons (Fsp3) is 0.296. The highest BCUT2D eigenvalue weighted by atomic mass is 35.5. The Morgan fingerprint density at radius 3 is 2.14 bits per heavy atom. The molecule has 0 radical (unpaired) electrons. The number of hydrogen-bond acceptors (Lipinski definition) is 5. The van der Waals surface area contributed by atoms with Crippen LogP contribution in [0.2, 0.25) is 10.0 Å². The molecule has 3 aromatic rings. The van der Waals surface area contributed by atoms with E-state index in [1.165, 1.54) is 0 Å². The van der Waals surface area contributed by atoms with Gasteiger partial charge in [-0.2, -0.15) is 0 Å². The third-order valence-electron chi connectivity index (χ3n) is 6.31. The van der Waals surface area contributed by atoms with E-state index in [0.29, 0.717) is 58.0 Å². The van der Waals surface area contributed by atoms with Gasteiger partial charge in [0.25, 0.3) is 5.91 Å². The normalized spacial score (nSPS) is 14.8. The van der Waals surface area contributed by atoms with Crippen LogP contribution in [0, 0.1) is 0 Å². The summed E-state index contributed by atoms with van der Waals surface area (Å²) in [6.07, 6.45) is 1.25. The molecule has 0 unspecified atom stereocenters. The smallest absolute Gasteiger partial charge is 0.254 e. The number of carbonyl (C=O) groups is 1. The van der Waals surface area contributed by atoms with Crippen LogP contribution < -0.4 is 18.9 Å². The van der Waals surface area contributed by atoms with E-state index in [1.807, 2.05) is 35.2 Å². The number of ether oxygens (including phenoxy) is 4. The number of carbonyl (C=O) groups excluding carboxylic acids is 1. The van der Waals surface area contributed by atoms with E-state index < -0.39 is 0 Å². The third-order valence-corrected chi connectivity index (χ3v) is 7.05. The van der Waals surface area contributed by atoms with Crippen molar-refractivity contribution in [3.8, 4) is 23.0 Å². The zero-order valence-electron chi connectivity index (χ0n) is 20.1. The highest BCUT2D eigenvalue weighted by molar-refractivity contribution is 6.42. The van der Waals surface area contributed by atoms with Crippen LogP contribution in [0.5, 0.6) is 23.0 Å². The van der Waals surface area contributed by atoms with Gasteiger partial charge in [-0.3, -0.25) is 4.79 Å². The standard InChI is InChI=1S/C27H27Cl2NO5/c1-32-23-8-5-16(12-24(23)33-2)11-22-19-15-26(35-4)25(34-3)14-17(19)9-10-30(22)27(31)18-6-7-20(28)21(29)13-18/h5-8,12-15,22H,9-11H2,1-4H3/t22-/m1/s1. The number of methoxy groups -OCH3 is 4. The number of benzene rings is 3. The van der Waals surface area contributed by atoms with Crippen LogP contribution in [0.4, 0.5) is 0 Å². The van der Waals surface area contributed by atoms with E-state index in [0.717, 1.165) is 16.7 Å². The lowest BCUT2D eigenvalue weighted by molar-refractivity contribution is 0.0659. The van der Waals surface area contributed by atoms with Crippen LogP contribution in [-0.2, 0) is 12.8 Å². The summed E-state index contributed by atoms with van der Waals surface area (Å²) in [4.78, 5) is 15.6. The molecule has 35 heavy (non-hydrogen) atoms. The fourth-order valence-electron chi connectivity index (χ4n) is 4.52. The second-order valence-corrected chi connectivity index (χ2v) is 9.01. The van der Waals surface area contributed by atoms with Crippen molar-refractivity contribution in [1.82, 2.24) is 4.90 Å². The first-order valence-electron chi connectivity index (χ1n) is 11.1. The summed E-state index contributed by atoms with van der Waals surface area (Å²) in [6, 6.07) is 14.5. The van der Waals surface area contributed by atoms with Crippen LogP contribution in [0.15, 0.2) is 48.5 Å². The van der Waals surface area contributed by atoms with Gasteiger partial charge in [0.15, 0.2) is 23.0 Å². The number of amides is 1. The first-order chi connectivity index (χ1) is 16.9. The van der Waals surface area contributed by atoms with Gasteiger partial charge in [0.1, 0.15) is 0 Å². The number of hydrogen-bond donors (Lipinski definition) is 0. The molecular formula is C27H27Cl2NO5. The topological polar surface area (TPSA) is 57.2 Å². The van der Waals surface area contributed by atoms with Crippen molar-refractivity contribution in [3.05, 3.63) is 80.8 Å². The van der Waals surface area contributed by atoms with Gasteiger partial charge in [0.05, 0.1) is 44.5 Å². The summed E-state index contributed by atoms with van der Waals surface area (Å²) in [5.41, 5.74) is 3.62.